The van der Waals surface area contributed by atoms with Gasteiger partial charge in [-0.05, 0) is 115 Å². The molecule has 8 nitrogen and oxygen atoms in total. The molecule has 9 heteroatoms. The van der Waals surface area contributed by atoms with Gasteiger partial charge in [-0.25, -0.2) is 0 Å². The Bertz CT molecular complexity index is 1400. The number of carboxylic acid groups (broad SMARTS) is 2. The molecule has 0 aromatic heterocycles. The van der Waals surface area contributed by atoms with Crippen LogP contribution >= 0.6 is 0 Å². The van der Waals surface area contributed by atoms with Gasteiger partial charge in [0.15, 0.2) is 0 Å². The van der Waals surface area contributed by atoms with Crippen molar-refractivity contribution in [2.24, 2.45) is 31.6 Å². The quantitative estimate of drug-likeness (QED) is 0.268. The number of benzene rings is 2. The number of carbonyl (C=O) groups is 2. The molecule has 52 heavy (non-hydrogen) atoms. The predicted molar refractivity (Wildman–Crippen MR) is 207 cm³/mol. The van der Waals surface area contributed by atoms with Crippen LogP contribution in [0.3, 0.4) is 0 Å². The molecule has 2 unspecified atom stereocenters. The fourth-order valence-electron chi connectivity index (χ4n) is 6.23. The Kier molecular flexibility index (Phi) is 19.1. The number of carbonyl (C=O) groups excluding carboxylic acids is 2. The van der Waals surface area contributed by atoms with Crippen LogP contribution in [0.1, 0.15) is 150 Å². The zero-order chi connectivity index (χ0) is 39.5. The molecule has 3 rings (SSSR count). The number of nitrogens with zero attached hydrogens (tertiary/aromatic N) is 2. The van der Waals surface area contributed by atoms with Crippen LogP contribution in [-0.2, 0) is 52.1 Å². The Labute approximate surface area is 324 Å². The van der Waals surface area contributed by atoms with Crippen molar-refractivity contribution in [2.45, 2.75) is 154 Å². The van der Waals surface area contributed by atoms with Gasteiger partial charge in [-0.3, -0.25) is 9.98 Å². The summed E-state index contributed by atoms with van der Waals surface area (Å²) < 4.78 is 0. The van der Waals surface area contributed by atoms with E-state index in [1.165, 1.54) is 11.1 Å². The minimum Gasteiger partial charge on any atom is -0.550 e. The third-order valence-electron chi connectivity index (χ3n) is 7.72. The Hall–Kier alpha value is -3.17. The van der Waals surface area contributed by atoms with Gasteiger partial charge in [-0.2, -0.15) is 0 Å². The SMILES string of the molecule is CC(=O)[O-].CC(=O)[O-].CC(C)(C)Cc1cc(C=NC2CCCC2N=Cc2cc(CC(C)(C)C)cc(CC(C)(C)C)c2O)c(O)c(CC(C)(C)C)c1.[Co+2]. The number of aromatic hydroxyl groups is 2. The van der Waals surface area contributed by atoms with Crippen LogP contribution in [0, 0.1) is 21.7 Å². The van der Waals surface area contributed by atoms with E-state index in [2.05, 4.69) is 107 Å². The minimum atomic E-state index is -1.08. The number of rotatable bonds is 8. The van der Waals surface area contributed by atoms with Gasteiger partial charge in [0.25, 0.3) is 0 Å². The molecule has 2 N–H and O–H groups in total. The van der Waals surface area contributed by atoms with Gasteiger partial charge in [0.1, 0.15) is 11.5 Å². The van der Waals surface area contributed by atoms with Gasteiger partial charge in [0, 0.05) is 35.5 Å². The standard InChI is InChI=1S/C39H60N2O2.2C2H4O2.Co/c1-36(2,3)20-26-16-28(22-38(7,8)9)34(42)30(18-26)24-40-32-14-13-15-33(32)41-25-31-19-27(21-37(4,5)6)17-29(35(31)43)23-39(10,11)12;2*1-2(3)4;/h16-19,24-25,32-33,42-43H,13-15,20-23H2,1-12H3;2*1H3,(H,3,4);/q;;;+2/p-2. The van der Waals surface area contributed by atoms with Crippen molar-refractivity contribution >= 4 is 24.4 Å². The minimum absolute atomic E-state index is 0. The molecule has 0 heterocycles. The molecule has 2 aromatic carbocycles. The second-order valence-corrected chi connectivity index (χ2v) is 18.9. The van der Waals surface area contributed by atoms with Crippen LogP contribution in [0.15, 0.2) is 34.3 Å². The number of phenols is 2. The van der Waals surface area contributed by atoms with Crippen LogP contribution in [0.25, 0.3) is 0 Å². The first-order valence-electron chi connectivity index (χ1n) is 18.2. The molecule has 0 bridgehead atoms. The summed E-state index contributed by atoms with van der Waals surface area (Å²) in [5.74, 6) is -1.47. The monoisotopic (exact) mass is 765 g/mol. The number of hydrogen-bond acceptors (Lipinski definition) is 8. The summed E-state index contributed by atoms with van der Waals surface area (Å²) >= 11 is 0. The second kappa shape index (κ2) is 20.3. The Balaban J connectivity index is 0.00000261. The zero-order valence-electron chi connectivity index (χ0n) is 34.3. The summed E-state index contributed by atoms with van der Waals surface area (Å²) in [4.78, 5) is 27.8. The topological polar surface area (TPSA) is 145 Å². The molecule has 2 atom stereocenters. The molecule has 1 fully saturated rings. The first-order chi connectivity index (χ1) is 23.0. The third kappa shape index (κ3) is 20.8. The van der Waals surface area contributed by atoms with Gasteiger partial charge >= 0.3 is 16.8 Å². The second-order valence-electron chi connectivity index (χ2n) is 18.9. The molecule has 1 aliphatic carbocycles. The molecule has 1 aliphatic rings. The Morgan fingerprint density at radius 2 is 0.885 bits per heavy atom. The van der Waals surface area contributed by atoms with Crippen LogP contribution in [0.4, 0.5) is 0 Å². The summed E-state index contributed by atoms with van der Waals surface area (Å²) in [6.07, 6.45) is 10.3. The van der Waals surface area contributed by atoms with E-state index in [0.717, 1.165) is 81.0 Å². The summed E-state index contributed by atoms with van der Waals surface area (Å²) in [6.45, 7) is 28.7. The average molecular weight is 766 g/mol. The predicted octanol–water partition coefficient (Wildman–Crippen LogP) is 7.42. The first kappa shape index (κ1) is 48.8. The molecular weight excluding hydrogens is 699 g/mol. The first-order valence-corrected chi connectivity index (χ1v) is 18.2. The van der Waals surface area contributed by atoms with Crippen molar-refractivity contribution in [3.05, 3.63) is 57.6 Å². The molecule has 1 saturated carbocycles. The van der Waals surface area contributed by atoms with Crippen molar-refractivity contribution in [1.29, 1.82) is 0 Å². The summed E-state index contributed by atoms with van der Waals surface area (Å²) in [7, 11) is 0. The molecule has 1 radical (unpaired) electrons. The fourth-order valence-corrected chi connectivity index (χ4v) is 6.23. The van der Waals surface area contributed by atoms with E-state index in [-0.39, 0.29) is 50.5 Å². The van der Waals surface area contributed by atoms with Crippen molar-refractivity contribution in [2.75, 3.05) is 0 Å². The van der Waals surface area contributed by atoms with Gasteiger partial charge in [0.05, 0.1) is 12.1 Å². The van der Waals surface area contributed by atoms with Crippen LogP contribution in [0.5, 0.6) is 11.5 Å². The van der Waals surface area contributed by atoms with Gasteiger partial charge in [-0.1, -0.05) is 95.2 Å². The van der Waals surface area contributed by atoms with Crippen LogP contribution < -0.4 is 10.2 Å². The molecule has 0 aliphatic heterocycles. The largest absolute Gasteiger partial charge is 2.00 e. The average Bonchev–Trinajstić information content (AvgIpc) is 3.34. The van der Waals surface area contributed by atoms with Gasteiger partial charge < -0.3 is 30.0 Å². The number of carboxylic acids is 2. The van der Waals surface area contributed by atoms with E-state index in [4.69, 9.17) is 29.8 Å². The van der Waals surface area contributed by atoms with Gasteiger partial charge in [-0.15, -0.1) is 0 Å². The van der Waals surface area contributed by atoms with Crippen molar-refractivity contribution in [3.63, 3.8) is 0 Å². The summed E-state index contributed by atoms with van der Waals surface area (Å²) in [5, 5.41) is 40.3. The van der Waals surface area contributed by atoms with E-state index in [9.17, 15) is 10.2 Å². The van der Waals surface area contributed by atoms with Gasteiger partial charge in [0.2, 0.25) is 0 Å². The third-order valence-corrected chi connectivity index (χ3v) is 7.72. The van der Waals surface area contributed by atoms with Crippen LogP contribution in [0.2, 0.25) is 0 Å². The van der Waals surface area contributed by atoms with Crippen molar-refractivity contribution in [3.8, 4) is 11.5 Å². The molecular formula is C43H66CoN2O6. The Morgan fingerprint density at radius 3 is 1.13 bits per heavy atom. The number of hydrogen-bond donors (Lipinski definition) is 2. The zero-order valence-corrected chi connectivity index (χ0v) is 35.4. The number of aliphatic carboxylic acids is 2. The normalized spacial score (nSPS) is 16.5. The molecule has 293 valence electrons. The summed E-state index contributed by atoms with van der Waals surface area (Å²) in [6, 6.07) is 8.70. The van der Waals surface area contributed by atoms with E-state index in [1.54, 1.807) is 0 Å². The van der Waals surface area contributed by atoms with Crippen molar-refractivity contribution in [1.82, 2.24) is 0 Å². The number of aliphatic imine (C=N–C) groups is 2. The van der Waals surface area contributed by atoms with E-state index >= 15 is 0 Å². The maximum absolute atomic E-state index is 11.3. The van der Waals surface area contributed by atoms with E-state index in [0.29, 0.717) is 11.5 Å². The molecule has 2 aromatic rings. The maximum atomic E-state index is 11.3. The molecule has 0 saturated heterocycles. The van der Waals surface area contributed by atoms with Crippen LogP contribution in [-0.4, -0.2) is 46.7 Å². The Morgan fingerprint density at radius 1 is 0.615 bits per heavy atom. The smallest absolute Gasteiger partial charge is 0.550 e. The maximum Gasteiger partial charge on any atom is 2.00 e. The van der Waals surface area contributed by atoms with Crippen molar-refractivity contribution < 1.29 is 46.8 Å². The summed E-state index contributed by atoms with van der Waals surface area (Å²) in [5.41, 5.74) is 6.51. The molecule has 0 spiro atoms. The van der Waals surface area contributed by atoms with E-state index < -0.39 is 11.9 Å². The number of phenolic OH excluding ortho intramolecular Hbond substituents is 2. The van der Waals surface area contributed by atoms with E-state index in [1.807, 2.05) is 12.4 Å². The molecule has 0 amide bonds. The fraction of sp³-hybridized carbons (Fsp3) is 0.628.